The molecule has 2 heterocycles. The van der Waals surface area contributed by atoms with Crippen LogP contribution in [-0.4, -0.2) is 71.2 Å². The molecular formula is C17H29N3O3S. The summed E-state index contributed by atoms with van der Waals surface area (Å²) in [6, 6.07) is 0.607. The van der Waals surface area contributed by atoms with Crippen molar-refractivity contribution in [2.75, 3.05) is 26.4 Å². The molecule has 136 valence electrons. The largest absolute Gasteiger partial charge is 0.345 e. The summed E-state index contributed by atoms with van der Waals surface area (Å²) in [4.78, 5) is 38.6. The third-order valence-corrected chi connectivity index (χ3v) is 6.53. The number of hydrogen-bond donors (Lipinski definition) is 1. The van der Waals surface area contributed by atoms with Crippen molar-refractivity contribution in [3.63, 3.8) is 0 Å². The van der Waals surface area contributed by atoms with Crippen LogP contribution in [0.2, 0.25) is 0 Å². The van der Waals surface area contributed by atoms with Gasteiger partial charge in [0.25, 0.3) is 0 Å². The van der Waals surface area contributed by atoms with Crippen LogP contribution in [0.5, 0.6) is 0 Å². The highest BCUT2D eigenvalue weighted by molar-refractivity contribution is 8.00. The van der Waals surface area contributed by atoms with Gasteiger partial charge >= 0.3 is 6.03 Å². The first-order chi connectivity index (χ1) is 11.4. The standard InChI is InChI=1S/C17H29N3O3S/c1-4-12(21)9-10-19(2)15(22)8-6-5-7-14-16-13(11-24-14)18-17(23)20(16)3/h13-14,16H,4-11H2,1-3H3,(H,18,23). The number of rotatable bonds is 9. The topological polar surface area (TPSA) is 69.7 Å². The first kappa shape index (κ1) is 19.1. The maximum Gasteiger partial charge on any atom is 0.317 e. The number of urea groups is 1. The van der Waals surface area contributed by atoms with Gasteiger partial charge in [-0.1, -0.05) is 13.3 Å². The summed E-state index contributed by atoms with van der Waals surface area (Å²) >= 11 is 1.93. The molecule has 0 aliphatic carbocycles. The van der Waals surface area contributed by atoms with Gasteiger partial charge in [-0.05, 0) is 12.8 Å². The minimum Gasteiger partial charge on any atom is -0.345 e. The van der Waals surface area contributed by atoms with Gasteiger partial charge in [-0.25, -0.2) is 4.79 Å². The summed E-state index contributed by atoms with van der Waals surface area (Å²) in [7, 11) is 3.64. The molecular weight excluding hydrogens is 326 g/mol. The first-order valence-electron chi connectivity index (χ1n) is 8.84. The van der Waals surface area contributed by atoms with E-state index in [0.29, 0.717) is 37.1 Å². The maximum absolute atomic E-state index is 12.1. The predicted octanol–water partition coefficient (Wildman–Crippen LogP) is 1.88. The number of carbonyl (C=O) groups excluding carboxylic acids is 3. The van der Waals surface area contributed by atoms with Crippen LogP contribution in [0.15, 0.2) is 0 Å². The molecule has 3 unspecified atom stereocenters. The summed E-state index contributed by atoms with van der Waals surface area (Å²) in [5.41, 5.74) is 0. The number of likely N-dealkylation sites (N-methyl/N-ethyl adjacent to an activating group) is 1. The predicted molar refractivity (Wildman–Crippen MR) is 96.1 cm³/mol. The Morgan fingerprint density at radius 2 is 2.08 bits per heavy atom. The summed E-state index contributed by atoms with van der Waals surface area (Å²) in [6.07, 6.45) is 4.43. The molecule has 1 N–H and O–H groups in total. The summed E-state index contributed by atoms with van der Waals surface area (Å²) < 4.78 is 0. The Morgan fingerprint density at radius 3 is 2.79 bits per heavy atom. The van der Waals surface area contributed by atoms with E-state index in [1.54, 1.807) is 11.9 Å². The molecule has 7 heteroatoms. The van der Waals surface area contributed by atoms with E-state index in [-0.39, 0.29) is 23.8 Å². The van der Waals surface area contributed by atoms with Crippen molar-refractivity contribution in [3.8, 4) is 0 Å². The average molecular weight is 356 g/mol. The van der Waals surface area contributed by atoms with Crippen molar-refractivity contribution >= 4 is 29.5 Å². The molecule has 6 nitrogen and oxygen atoms in total. The van der Waals surface area contributed by atoms with E-state index >= 15 is 0 Å². The third-order valence-electron chi connectivity index (χ3n) is 5.03. The Balaban J connectivity index is 1.63. The molecule has 2 fully saturated rings. The van der Waals surface area contributed by atoms with Crippen molar-refractivity contribution in [2.24, 2.45) is 0 Å². The van der Waals surface area contributed by atoms with Crippen LogP contribution in [0.3, 0.4) is 0 Å². The van der Waals surface area contributed by atoms with Crippen LogP contribution in [0.25, 0.3) is 0 Å². The zero-order valence-electron chi connectivity index (χ0n) is 14.9. The van der Waals surface area contributed by atoms with E-state index in [1.165, 1.54) is 0 Å². The molecule has 2 rings (SSSR count). The Kier molecular flexibility index (Phi) is 6.95. The fraction of sp³-hybridized carbons (Fsp3) is 0.824. The van der Waals surface area contributed by atoms with Gasteiger partial charge in [0, 0.05) is 50.9 Å². The van der Waals surface area contributed by atoms with Gasteiger partial charge < -0.3 is 15.1 Å². The lowest BCUT2D eigenvalue weighted by Gasteiger charge is -2.23. The number of fused-ring (bicyclic) bond motifs is 1. The first-order valence-corrected chi connectivity index (χ1v) is 9.89. The van der Waals surface area contributed by atoms with E-state index in [4.69, 9.17) is 0 Å². The van der Waals surface area contributed by atoms with Crippen LogP contribution in [0.4, 0.5) is 4.79 Å². The number of hydrogen-bond acceptors (Lipinski definition) is 4. The molecule has 0 saturated carbocycles. The minimum absolute atomic E-state index is 0.0359. The second-order valence-electron chi connectivity index (χ2n) is 6.73. The highest BCUT2D eigenvalue weighted by Crippen LogP contribution is 2.36. The van der Waals surface area contributed by atoms with Gasteiger partial charge in [-0.2, -0.15) is 11.8 Å². The molecule has 3 amide bonds. The second kappa shape index (κ2) is 8.74. The quantitative estimate of drug-likeness (QED) is 0.506. The highest BCUT2D eigenvalue weighted by Gasteiger charge is 2.46. The van der Waals surface area contributed by atoms with Crippen molar-refractivity contribution in [1.82, 2.24) is 15.1 Å². The Labute approximate surface area is 148 Å². The second-order valence-corrected chi connectivity index (χ2v) is 8.00. The van der Waals surface area contributed by atoms with Gasteiger partial charge in [0.2, 0.25) is 5.91 Å². The molecule has 2 aliphatic heterocycles. The fourth-order valence-corrected chi connectivity index (χ4v) is 5.02. The Morgan fingerprint density at radius 1 is 1.33 bits per heavy atom. The Bertz CT molecular complexity index is 486. The number of ketones is 1. The van der Waals surface area contributed by atoms with Crippen LogP contribution < -0.4 is 5.32 Å². The smallest absolute Gasteiger partial charge is 0.317 e. The molecule has 0 bridgehead atoms. The van der Waals surface area contributed by atoms with E-state index in [1.807, 2.05) is 30.6 Å². The summed E-state index contributed by atoms with van der Waals surface area (Å²) in [5, 5.41) is 3.49. The van der Waals surface area contributed by atoms with Crippen molar-refractivity contribution < 1.29 is 14.4 Å². The zero-order chi connectivity index (χ0) is 17.7. The molecule has 0 aromatic rings. The summed E-state index contributed by atoms with van der Waals surface area (Å²) in [5.74, 6) is 1.30. The number of thioether (sulfide) groups is 1. The molecule has 0 aromatic carbocycles. The molecule has 0 aromatic heterocycles. The van der Waals surface area contributed by atoms with Crippen molar-refractivity contribution in [3.05, 3.63) is 0 Å². The highest BCUT2D eigenvalue weighted by atomic mass is 32.2. The average Bonchev–Trinajstić information content (AvgIpc) is 3.09. The van der Waals surface area contributed by atoms with Crippen LogP contribution in [0, 0.1) is 0 Å². The number of nitrogens with one attached hydrogen (secondary N) is 1. The van der Waals surface area contributed by atoms with Crippen molar-refractivity contribution in [1.29, 1.82) is 0 Å². The van der Waals surface area contributed by atoms with E-state index < -0.39 is 0 Å². The monoisotopic (exact) mass is 355 g/mol. The van der Waals surface area contributed by atoms with Gasteiger partial charge in [-0.3, -0.25) is 9.59 Å². The van der Waals surface area contributed by atoms with E-state index in [9.17, 15) is 14.4 Å². The van der Waals surface area contributed by atoms with E-state index in [0.717, 1.165) is 25.0 Å². The third kappa shape index (κ3) is 4.65. The van der Waals surface area contributed by atoms with Gasteiger partial charge in [0.1, 0.15) is 5.78 Å². The molecule has 2 saturated heterocycles. The van der Waals surface area contributed by atoms with Crippen molar-refractivity contribution in [2.45, 2.75) is 62.8 Å². The zero-order valence-corrected chi connectivity index (χ0v) is 15.7. The molecule has 0 spiro atoms. The lowest BCUT2D eigenvalue weighted by Crippen LogP contribution is -2.38. The molecule has 2 aliphatic rings. The molecule has 24 heavy (non-hydrogen) atoms. The van der Waals surface area contributed by atoms with Gasteiger partial charge in [-0.15, -0.1) is 0 Å². The van der Waals surface area contributed by atoms with Crippen LogP contribution in [-0.2, 0) is 9.59 Å². The maximum atomic E-state index is 12.1. The fourth-order valence-electron chi connectivity index (χ4n) is 3.39. The number of nitrogens with zero attached hydrogens (tertiary/aromatic N) is 2. The molecule has 3 atom stereocenters. The SMILES string of the molecule is CCC(=O)CCN(C)C(=O)CCCCC1SCC2NC(=O)N(C)C21. The van der Waals surface area contributed by atoms with Crippen LogP contribution >= 0.6 is 11.8 Å². The van der Waals surface area contributed by atoms with Crippen LogP contribution in [0.1, 0.15) is 45.4 Å². The lowest BCUT2D eigenvalue weighted by atomic mass is 10.0. The van der Waals surface area contributed by atoms with Gasteiger partial charge in [0.15, 0.2) is 0 Å². The molecule has 0 radical (unpaired) electrons. The number of unbranched alkanes of at least 4 members (excludes halogenated alkanes) is 1. The van der Waals surface area contributed by atoms with Gasteiger partial charge in [0.05, 0.1) is 12.1 Å². The number of amides is 3. The number of Topliss-reactive ketones (excluding diaryl/α,β-unsaturated/α-hetero) is 1. The summed E-state index contributed by atoms with van der Waals surface area (Å²) in [6.45, 7) is 2.37. The number of carbonyl (C=O) groups is 3. The van der Waals surface area contributed by atoms with E-state index in [2.05, 4.69) is 5.32 Å². The lowest BCUT2D eigenvalue weighted by molar-refractivity contribution is -0.130. The normalized spacial score (nSPS) is 25.5. The Hall–Kier alpha value is -1.24. The minimum atomic E-state index is 0.0359.